The zero-order valence-electron chi connectivity index (χ0n) is 9.94. The van der Waals surface area contributed by atoms with Gasteiger partial charge in [-0.15, -0.1) is 23.7 Å². The molecule has 1 atom stereocenters. The van der Waals surface area contributed by atoms with Crippen LogP contribution in [0.25, 0.3) is 0 Å². The second-order valence-electron chi connectivity index (χ2n) is 4.75. The van der Waals surface area contributed by atoms with Gasteiger partial charge in [0.15, 0.2) is 0 Å². The van der Waals surface area contributed by atoms with Gasteiger partial charge >= 0.3 is 0 Å². The van der Waals surface area contributed by atoms with Crippen molar-refractivity contribution in [2.75, 3.05) is 6.54 Å². The third kappa shape index (κ3) is 3.98. The molecule has 3 nitrogen and oxygen atoms in total. The maximum Gasteiger partial charge on any atom is 0.240 e. The molecule has 0 aliphatic heterocycles. The Balaban J connectivity index is 0.00000144. The Kier molecular flexibility index (Phi) is 4.98. The largest absolute Gasteiger partial charge is 0.354 e. The van der Waals surface area contributed by atoms with E-state index in [1.54, 1.807) is 11.3 Å². The van der Waals surface area contributed by atoms with Gasteiger partial charge < -0.3 is 11.1 Å². The van der Waals surface area contributed by atoms with E-state index in [-0.39, 0.29) is 18.3 Å². The van der Waals surface area contributed by atoms with Crippen LogP contribution >= 0.6 is 23.7 Å². The van der Waals surface area contributed by atoms with E-state index in [9.17, 15) is 4.79 Å². The van der Waals surface area contributed by atoms with Crippen molar-refractivity contribution in [3.63, 3.8) is 0 Å². The Labute approximate surface area is 112 Å². The van der Waals surface area contributed by atoms with Crippen LogP contribution in [0.15, 0.2) is 17.5 Å². The topological polar surface area (TPSA) is 55.1 Å². The number of hydrogen-bond donors (Lipinski definition) is 2. The minimum atomic E-state index is -0.539. The molecule has 1 aromatic heterocycles. The van der Waals surface area contributed by atoms with Crippen molar-refractivity contribution >= 4 is 29.7 Å². The fourth-order valence-electron chi connectivity index (χ4n) is 1.65. The number of halogens is 1. The third-order valence-corrected chi connectivity index (χ3v) is 3.88. The molecule has 1 aromatic rings. The zero-order valence-corrected chi connectivity index (χ0v) is 11.6. The summed E-state index contributed by atoms with van der Waals surface area (Å²) < 4.78 is 0. The van der Waals surface area contributed by atoms with E-state index in [4.69, 9.17) is 5.73 Å². The summed E-state index contributed by atoms with van der Waals surface area (Å²) in [5.41, 5.74) is 5.26. The summed E-state index contributed by atoms with van der Waals surface area (Å²) in [5.74, 6) is 0.482. The van der Waals surface area contributed by atoms with Gasteiger partial charge in [-0.3, -0.25) is 4.79 Å². The van der Waals surface area contributed by atoms with Crippen LogP contribution in [0.4, 0.5) is 0 Å². The Bertz CT molecular complexity index is 363. The number of amides is 1. The monoisotopic (exact) mass is 274 g/mol. The molecule has 0 radical (unpaired) electrons. The van der Waals surface area contributed by atoms with Crippen LogP contribution in [0.3, 0.4) is 0 Å². The minimum Gasteiger partial charge on any atom is -0.354 e. The first-order valence-corrected chi connectivity index (χ1v) is 6.58. The van der Waals surface area contributed by atoms with Gasteiger partial charge in [-0.05, 0) is 36.6 Å². The number of nitrogens with two attached hydrogens (primary N) is 1. The summed E-state index contributed by atoms with van der Waals surface area (Å²) in [7, 11) is 0. The predicted molar refractivity (Wildman–Crippen MR) is 73.6 cm³/mol. The van der Waals surface area contributed by atoms with E-state index in [2.05, 4.69) is 29.8 Å². The summed E-state index contributed by atoms with van der Waals surface area (Å²) in [6.45, 7) is 2.87. The maximum atomic E-state index is 11.6. The van der Waals surface area contributed by atoms with Crippen molar-refractivity contribution < 1.29 is 4.79 Å². The molecule has 1 amide bonds. The highest BCUT2D eigenvalue weighted by molar-refractivity contribution is 7.09. The highest BCUT2D eigenvalue weighted by atomic mass is 35.5. The highest BCUT2D eigenvalue weighted by Gasteiger charge is 2.45. The molecule has 1 saturated carbocycles. The summed E-state index contributed by atoms with van der Waals surface area (Å²) >= 11 is 1.77. The van der Waals surface area contributed by atoms with Crippen molar-refractivity contribution in [2.45, 2.75) is 31.7 Å². The molecule has 5 heteroatoms. The van der Waals surface area contributed by atoms with Crippen LogP contribution in [-0.2, 0) is 11.2 Å². The molecule has 1 heterocycles. The van der Waals surface area contributed by atoms with E-state index in [1.807, 2.05) is 0 Å². The lowest BCUT2D eigenvalue weighted by Gasteiger charge is -2.14. The smallest absolute Gasteiger partial charge is 0.240 e. The van der Waals surface area contributed by atoms with Crippen molar-refractivity contribution in [1.82, 2.24) is 5.32 Å². The maximum absolute atomic E-state index is 11.6. The highest BCUT2D eigenvalue weighted by Crippen LogP contribution is 2.32. The molecule has 1 unspecified atom stereocenters. The van der Waals surface area contributed by atoms with Gasteiger partial charge in [0.25, 0.3) is 0 Å². The molecule has 1 fully saturated rings. The normalized spacial score (nSPS) is 18.0. The van der Waals surface area contributed by atoms with Crippen LogP contribution < -0.4 is 11.1 Å². The summed E-state index contributed by atoms with van der Waals surface area (Å²) in [4.78, 5) is 13.0. The molecule has 96 valence electrons. The summed E-state index contributed by atoms with van der Waals surface area (Å²) in [6.07, 6.45) is 2.69. The average Bonchev–Trinajstić information content (AvgIpc) is 2.79. The van der Waals surface area contributed by atoms with Crippen molar-refractivity contribution in [2.24, 2.45) is 11.7 Å². The SMILES string of the molecule is CC(CNC(=O)C1(N)CC1)Cc1cccs1.Cl. The number of rotatable bonds is 5. The van der Waals surface area contributed by atoms with E-state index in [1.165, 1.54) is 4.88 Å². The third-order valence-electron chi connectivity index (χ3n) is 2.98. The van der Waals surface area contributed by atoms with Gasteiger partial charge in [-0.1, -0.05) is 13.0 Å². The summed E-state index contributed by atoms with van der Waals surface area (Å²) in [5, 5.41) is 5.02. The molecule has 0 aromatic carbocycles. The van der Waals surface area contributed by atoms with Gasteiger partial charge in [-0.25, -0.2) is 0 Å². The van der Waals surface area contributed by atoms with Crippen molar-refractivity contribution in [1.29, 1.82) is 0 Å². The molecule has 3 N–H and O–H groups in total. The van der Waals surface area contributed by atoms with Gasteiger partial charge in [0.05, 0.1) is 5.54 Å². The Morgan fingerprint density at radius 2 is 2.35 bits per heavy atom. The van der Waals surface area contributed by atoms with Crippen LogP contribution in [0, 0.1) is 5.92 Å². The Morgan fingerprint density at radius 3 is 2.88 bits per heavy atom. The lowest BCUT2D eigenvalue weighted by Crippen LogP contribution is -2.44. The number of carbonyl (C=O) groups excluding carboxylic acids is 1. The van der Waals surface area contributed by atoms with E-state index in [0.29, 0.717) is 5.92 Å². The summed E-state index contributed by atoms with van der Waals surface area (Å²) in [6, 6.07) is 4.19. The van der Waals surface area contributed by atoms with Gasteiger partial charge in [0.1, 0.15) is 0 Å². The molecule has 0 bridgehead atoms. The van der Waals surface area contributed by atoms with E-state index >= 15 is 0 Å². The first kappa shape index (κ1) is 14.5. The molecule has 1 aliphatic carbocycles. The Morgan fingerprint density at radius 1 is 1.65 bits per heavy atom. The molecule has 0 saturated heterocycles. The number of thiophene rings is 1. The molecule has 0 spiro atoms. The standard InChI is InChI=1S/C12H18N2OS.ClH/c1-9(7-10-3-2-6-16-10)8-14-11(15)12(13)4-5-12;/h2-3,6,9H,4-5,7-8,13H2,1H3,(H,14,15);1H. The Hall–Kier alpha value is -0.580. The average molecular weight is 275 g/mol. The molecular weight excluding hydrogens is 256 g/mol. The second-order valence-corrected chi connectivity index (χ2v) is 5.79. The van der Waals surface area contributed by atoms with Gasteiger partial charge in [0.2, 0.25) is 5.91 Å². The zero-order chi connectivity index (χ0) is 11.6. The van der Waals surface area contributed by atoms with E-state index in [0.717, 1.165) is 25.8 Å². The lowest BCUT2D eigenvalue weighted by atomic mass is 10.1. The second kappa shape index (κ2) is 5.85. The van der Waals surface area contributed by atoms with E-state index < -0.39 is 5.54 Å². The molecule has 2 rings (SSSR count). The quantitative estimate of drug-likeness (QED) is 0.862. The fourth-order valence-corrected chi connectivity index (χ4v) is 2.52. The molecular formula is C12H19ClN2OS. The van der Waals surface area contributed by atoms with Crippen LogP contribution in [0.1, 0.15) is 24.6 Å². The predicted octanol–water partition coefficient (Wildman–Crippen LogP) is 1.96. The van der Waals surface area contributed by atoms with Crippen molar-refractivity contribution in [3.8, 4) is 0 Å². The van der Waals surface area contributed by atoms with Crippen LogP contribution in [0.2, 0.25) is 0 Å². The van der Waals surface area contributed by atoms with Crippen LogP contribution in [-0.4, -0.2) is 18.0 Å². The fraction of sp³-hybridized carbons (Fsp3) is 0.583. The van der Waals surface area contributed by atoms with Crippen molar-refractivity contribution in [3.05, 3.63) is 22.4 Å². The minimum absolute atomic E-state index is 0. The number of carbonyl (C=O) groups is 1. The molecule has 1 aliphatic rings. The van der Waals surface area contributed by atoms with Crippen LogP contribution in [0.5, 0.6) is 0 Å². The number of nitrogens with one attached hydrogen (secondary N) is 1. The number of hydrogen-bond acceptors (Lipinski definition) is 3. The first-order chi connectivity index (χ1) is 7.60. The van der Waals surface area contributed by atoms with Gasteiger partial charge in [-0.2, -0.15) is 0 Å². The lowest BCUT2D eigenvalue weighted by molar-refractivity contribution is -0.123. The first-order valence-electron chi connectivity index (χ1n) is 5.70. The van der Waals surface area contributed by atoms with Gasteiger partial charge in [0, 0.05) is 11.4 Å². The molecule has 17 heavy (non-hydrogen) atoms.